The lowest BCUT2D eigenvalue weighted by Crippen LogP contribution is -2.40. The summed E-state index contributed by atoms with van der Waals surface area (Å²) < 4.78 is 37.9. The van der Waals surface area contributed by atoms with Gasteiger partial charge in [0.15, 0.2) is 0 Å². The van der Waals surface area contributed by atoms with E-state index in [0.717, 1.165) is 12.8 Å². The maximum absolute atomic E-state index is 12.6. The lowest BCUT2D eigenvalue weighted by molar-refractivity contribution is -0.183. The van der Waals surface area contributed by atoms with Crippen LogP contribution in [0, 0.1) is 11.8 Å². The molecule has 0 radical (unpaired) electrons. The van der Waals surface area contributed by atoms with Crippen molar-refractivity contribution in [3.05, 3.63) is 0 Å². The van der Waals surface area contributed by atoms with E-state index in [-0.39, 0.29) is 18.8 Å². The Hall–Kier alpha value is -0.780. The van der Waals surface area contributed by atoms with Crippen LogP contribution in [0.15, 0.2) is 4.99 Å². The normalized spacial score (nSPS) is 27.0. The van der Waals surface area contributed by atoms with Crippen molar-refractivity contribution in [3.8, 4) is 0 Å². The number of rotatable bonds is 3. The maximum atomic E-state index is 12.6. The van der Waals surface area contributed by atoms with Crippen LogP contribution in [0.4, 0.5) is 13.2 Å². The molecule has 1 aliphatic carbocycles. The van der Waals surface area contributed by atoms with Gasteiger partial charge < -0.3 is 5.43 Å². The molecule has 17 heavy (non-hydrogen) atoms. The molecule has 0 aromatic rings. The highest BCUT2D eigenvalue weighted by molar-refractivity contribution is 5.84. The molecule has 2 atom stereocenters. The highest BCUT2D eigenvalue weighted by atomic mass is 19.4. The molecule has 0 heterocycles. The van der Waals surface area contributed by atoms with E-state index >= 15 is 0 Å². The van der Waals surface area contributed by atoms with Crippen molar-refractivity contribution in [1.82, 2.24) is 5.43 Å². The number of alkyl halides is 3. The second-order valence-electron chi connectivity index (χ2n) is 4.51. The molecule has 0 aromatic carbocycles. The van der Waals surface area contributed by atoms with Crippen molar-refractivity contribution in [2.24, 2.45) is 22.7 Å². The highest BCUT2D eigenvalue weighted by Crippen LogP contribution is 2.40. The smallest absolute Gasteiger partial charge is 0.312 e. The summed E-state index contributed by atoms with van der Waals surface area (Å²) in [5.41, 5.74) is 2.46. The lowest BCUT2D eigenvalue weighted by atomic mass is 9.80. The predicted molar refractivity (Wildman–Crippen MR) is 61.4 cm³/mol. The molecule has 2 unspecified atom stereocenters. The molecule has 1 fully saturated rings. The quantitative estimate of drug-likeness (QED) is 0.350. The lowest BCUT2D eigenvalue weighted by Gasteiger charge is -2.31. The summed E-state index contributed by atoms with van der Waals surface area (Å²) in [4.78, 5) is 4.21. The van der Waals surface area contributed by atoms with E-state index in [1.54, 1.807) is 0 Å². The minimum atomic E-state index is -4.09. The summed E-state index contributed by atoms with van der Waals surface area (Å²) in [6.07, 6.45) is -1.58. The fourth-order valence-electron chi connectivity index (χ4n) is 2.26. The number of nitrogens with two attached hydrogens (primary N) is 1. The van der Waals surface area contributed by atoms with E-state index in [1.165, 1.54) is 0 Å². The number of hydrogen-bond acceptors (Lipinski definition) is 2. The third kappa shape index (κ3) is 4.18. The topological polar surface area (TPSA) is 50.4 Å². The van der Waals surface area contributed by atoms with E-state index in [4.69, 9.17) is 5.84 Å². The van der Waals surface area contributed by atoms with Crippen LogP contribution in [0.2, 0.25) is 0 Å². The van der Waals surface area contributed by atoms with Crippen LogP contribution < -0.4 is 11.3 Å². The van der Waals surface area contributed by atoms with Gasteiger partial charge in [-0.05, 0) is 25.7 Å². The Morgan fingerprint density at radius 3 is 2.65 bits per heavy atom. The fraction of sp³-hybridized carbons (Fsp3) is 0.909. The zero-order valence-corrected chi connectivity index (χ0v) is 10.1. The summed E-state index contributed by atoms with van der Waals surface area (Å²) in [6, 6.07) is 0. The number of aliphatic imine (C=N–C) groups is 1. The summed E-state index contributed by atoms with van der Waals surface area (Å²) in [6.45, 7) is 2.57. The molecule has 0 saturated heterocycles. The average molecular weight is 251 g/mol. The number of amidine groups is 1. The molecule has 3 N–H and O–H groups in total. The Kier molecular flexibility index (Phi) is 5.24. The molecule has 0 amide bonds. The minimum Gasteiger partial charge on any atom is -0.312 e. The zero-order chi connectivity index (χ0) is 12.9. The predicted octanol–water partition coefficient (Wildman–Crippen LogP) is 2.63. The number of hydrogen-bond donors (Lipinski definition) is 2. The van der Waals surface area contributed by atoms with Crippen molar-refractivity contribution in [1.29, 1.82) is 0 Å². The third-order valence-electron chi connectivity index (χ3n) is 3.18. The molecule has 6 heteroatoms. The summed E-state index contributed by atoms with van der Waals surface area (Å²) in [5.74, 6) is 4.48. The highest BCUT2D eigenvalue weighted by Gasteiger charge is 2.42. The Morgan fingerprint density at radius 1 is 1.41 bits per heavy atom. The van der Waals surface area contributed by atoms with E-state index in [1.807, 2.05) is 6.92 Å². The number of nitrogens with one attached hydrogen (secondary N) is 1. The molecule has 0 bridgehead atoms. The van der Waals surface area contributed by atoms with Crippen LogP contribution in [-0.2, 0) is 0 Å². The van der Waals surface area contributed by atoms with Crippen LogP contribution in [0.3, 0.4) is 0 Å². The third-order valence-corrected chi connectivity index (χ3v) is 3.18. The van der Waals surface area contributed by atoms with E-state index in [0.29, 0.717) is 18.8 Å². The zero-order valence-electron chi connectivity index (χ0n) is 10.1. The first-order valence-electron chi connectivity index (χ1n) is 6.06. The fourth-order valence-corrected chi connectivity index (χ4v) is 2.26. The van der Waals surface area contributed by atoms with Crippen LogP contribution in [0.5, 0.6) is 0 Å². The Bertz CT molecular complexity index is 263. The number of nitrogens with zero attached hydrogens (tertiary/aromatic N) is 1. The SMILES string of the molecule is CCCN=C(NN)C1CCCC(C(F)(F)F)C1. The van der Waals surface area contributed by atoms with Crippen molar-refractivity contribution in [3.63, 3.8) is 0 Å². The first kappa shape index (κ1) is 14.3. The number of halogens is 3. The van der Waals surface area contributed by atoms with E-state index in [2.05, 4.69) is 10.4 Å². The van der Waals surface area contributed by atoms with Gasteiger partial charge in [0.05, 0.1) is 5.92 Å². The van der Waals surface area contributed by atoms with Gasteiger partial charge in [0.2, 0.25) is 0 Å². The summed E-state index contributed by atoms with van der Waals surface area (Å²) in [7, 11) is 0. The van der Waals surface area contributed by atoms with Crippen molar-refractivity contribution >= 4 is 5.84 Å². The largest absolute Gasteiger partial charge is 0.391 e. The molecule has 0 spiro atoms. The number of hydrazine groups is 1. The van der Waals surface area contributed by atoms with Gasteiger partial charge >= 0.3 is 6.18 Å². The molecular weight excluding hydrogens is 231 g/mol. The van der Waals surface area contributed by atoms with Crippen molar-refractivity contribution < 1.29 is 13.2 Å². The van der Waals surface area contributed by atoms with Crippen molar-refractivity contribution in [2.45, 2.75) is 45.2 Å². The standard InChI is InChI=1S/C11H20F3N3/c1-2-6-16-10(17-15)8-4-3-5-9(7-8)11(12,13)14/h8-9H,2-7,15H2,1H3,(H,16,17). The molecular formula is C11H20F3N3. The Labute approximate surface area is 99.6 Å². The van der Waals surface area contributed by atoms with Crippen LogP contribution >= 0.6 is 0 Å². The molecule has 0 aliphatic heterocycles. The van der Waals surface area contributed by atoms with Crippen LogP contribution in [0.25, 0.3) is 0 Å². The van der Waals surface area contributed by atoms with Gasteiger partial charge in [0.25, 0.3) is 0 Å². The monoisotopic (exact) mass is 251 g/mol. The molecule has 1 saturated carbocycles. The first-order chi connectivity index (χ1) is 7.99. The van der Waals surface area contributed by atoms with Gasteiger partial charge in [-0.25, -0.2) is 5.84 Å². The second kappa shape index (κ2) is 6.23. The van der Waals surface area contributed by atoms with E-state index in [9.17, 15) is 13.2 Å². The Morgan fingerprint density at radius 2 is 2.12 bits per heavy atom. The van der Waals surface area contributed by atoms with Gasteiger partial charge in [-0.1, -0.05) is 13.3 Å². The summed E-state index contributed by atoms with van der Waals surface area (Å²) >= 11 is 0. The van der Waals surface area contributed by atoms with Crippen LogP contribution in [-0.4, -0.2) is 18.6 Å². The van der Waals surface area contributed by atoms with Crippen LogP contribution in [0.1, 0.15) is 39.0 Å². The Balaban J connectivity index is 2.64. The van der Waals surface area contributed by atoms with Gasteiger partial charge in [0, 0.05) is 12.5 Å². The van der Waals surface area contributed by atoms with Gasteiger partial charge in [-0.2, -0.15) is 13.2 Å². The average Bonchev–Trinajstić information content (AvgIpc) is 2.29. The molecule has 0 aromatic heterocycles. The summed E-state index contributed by atoms with van der Waals surface area (Å²) in [5, 5.41) is 0. The molecule has 3 nitrogen and oxygen atoms in total. The van der Waals surface area contributed by atoms with Gasteiger partial charge in [-0.15, -0.1) is 0 Å². The molecule has 100 valence electrons. The van der Waals surface area contributed by atoms with E-state index < -0.39 is 12.1 Å². The molecule has 1 rings (SSSR count). The molecule has 1 aliphatic rings. The minimum absolute atomic E-state index is 0.107. The maximum Gasteiger partial charge on any atom is 0.391 e. The second-order valence-corrected chi connectivity index (χ2v) is 4.51. The first-order valence-corrected chi connectivity index (χ1v) is 6.06. The van der Waals surface area contributed by atoms with Gasteiger partial charge in [-0.3, -0.25) is 4.99 Å². The van der Waals surface area contributed by atoms with Crippen molar-refractivity contribution in [2.75, 3.05) is 6.54 Å². The van der Waals surface area contributed by atoms with Gasteiger partial charge in [0.1, 0.15) is 5.84 Å².